The lowest BCUT2D eigenvalue weighted by Crippen LogP contribution is -2.31. The average molecular weight is 326 g/mol. The Morgan fingerprint density at radius 3 is 2.96 bits per heavy atom. The minimum Gasteiger partial charge on any atom is -0.340 e. The van der Waals surface area contributed by atoms with Gasteiger partial charge in [-0.1, -0.05) is 12.1 Å². The molecule has 1 aromatic carbocycles. The second kappa shape index (κ2) is 6.55. The summed E-state index contributed by atoms with van der Waals surface area (Å²) >= 11 is 2.04. The van der Waals surface area contributed by atoms with Crippen LogP contribution in [0.1, 0.15) is 5.56 Å². The van der Waals surface area contributed by atoms with E-state index in [0.29, 0.717) is 5.78 Å². The Bertz CT molecular complexity index is 796. The number of nitrogens with zero attached hydrogens (tertiary/aromatic N) is 5. The highest BCUT2D eigenvalue weighted by Crippen LogP contribution is 2.19. The molecule has 0 unspecified atom stereocenters. The first-order valence-corrected chi connectivity index (χ1v) is 8.85. The van der Waals surface area contributed by atoms with Gasteiger partial charge in [-0.05, 0) is 23.8 Å². The third-order valence-corrected chi connectivity index (χ3v) is 4.83. The number of hydrogen-bond donors (Lipinski definition) is 1. The maximum Gasteiger partial charge on any atom is 0.254 e. The van der Waals surface area contributed by atoms with Gasteiger partial charge < -0.3 is 5.32 Å². The molecule has 1 fully saturated rings. The zero-order chi connectivity index (χ0) is 15.5. The second-order valence-electron chi connectivity index (χ2n) is 5.52. The van der Waals surface area contributed by atoms with E-state index in [1.165, 1.54) is 36.5 Å². The molecule has 1 N–H and O–H groups in total. The number of anilines is 2. The number of benzene rings is 1. The van der Waals surface area contributed by atoms with Crippen LogP contribution in [0, 0.1) is 0 Å². The van der Waals surface area contributed by atoms with Crippen molar-refractivity contribution >= 4 is 29.0 Å². The minimum absolute atomic E-state index is 0.594. The molecule has 2 aromatic heterocycles. The molecule has 0 saturated carbocycles. The van der Waals surface area contributed by atoms with Gasteiger partial charge in [0, 0.05) is 43.0 Å². The zero-order valence-electron chi connectivity index (χ0n) is 12.7. The first-order chi connectivity index (χ1) is 11.4. The minimum atomic E-state index is 0.594. The number of rotatable bonds is 4. The number of aromatic nitrogens is 4. The van der Waals surface area contributed by atoms with Crippen molar-refractivity contribution < 1.29 is 0 Å². The summed E-state index contributed by atoms with van der Waals surface area (Å²) in [6.07, 6.45) is 3.25. The van der Waals surface area contributed by atoms with Gasteiger partial charge in [0.05, 0.1) is 0 Å². The van der Waals surface area contributed by atoms with Crippen molar-refractivity contribution in [3.63, 3.8) is 0 Å². The lowest BCUT2D eigenvalue weighted by Gasteiger charge is -2.26. The standard InChI is InChI=1S/C16H18N6S/c1-2-13(11-21-6-8-23-9-7-21)10-14(3-1)20-15-4-5-17-16-18-12-19-22(15)16/h1-5,10,12,20H,6-9,11H2. The van der Waals surface area contributed by atoms with Gasteiger partial charge in [-0.3, -0.25) is 4.90 Å². The van der Waals surface area contributed by atoms with E-state index in [1.54, 1.807) is 10.7 Å². The Hall–Kier alpha value is -2.12. The Morgan fingerprint density at radius 1 is 1.13 bits per heavy atom. The van der Waals surface area contributed by atoms with Gasteiger partial charge in [-0.2, -0.15) is 26.4 Å². The van der Waals surface area contributed by atoms with Crippen LogP contribution in [0.15, 0.2) is 42.9 Å². The Balaban J connectivity index is 1.53. The third kappa shape index (κ3) is 3.30. The molecule has 1 aliphatic rings. The fraction of sp³-hybridized carbons (Fsp3) is 0.312. The third-order valence-electron chi connectivity index (χ3n) is 3.89. The first kappa shape index (κ1) is 14.5. The zero-order valence-corrected chi connectivity index (χ0v) is 13.5. The predicted octanol–water partition coefficient (Wildman–Crippen LogP) is 2.42. The van der Waals surface area contributed by atoms with Crippen molar-refractivity contribution in [2.45, 2.75) is 6.54 Å². The molecular formula is C16H18N6S. The van der Waals surface area contributed by atoms with E-state index in [0.717, 1.165) is 18.1 Å². The maximum absolute atomic E-state index is 4.20. The van der Waals surface area contributed by atoms with Crippen LogP contribution >= 0.6 is 11.8 Å². The highest BCUT2D eigenvalue weighted by molar-refractivity contribution is 7.99. The molecule has 0 atom stereocenters. The van der Waals surface area contributed by atoms with Crippen molar-refractivity contribution in [3.8, 4) is 0 Å². The molecule has 118 valence electrons. The van der Waals surface area contributed by atoms with Crippen LogP contribution in [0.5, 0.6) is 0 Å². The Kier molecular flexibility index (Phi) is 4.12. The normalized spacial score (nSPS) is 15.8. The first-order valence-electron chi connectivity index (χ1n) is 7.69. The summed E-state index contributed by atoms with van der Waals surface area (Å²) < 4.78 is 1.70. The number of nitrogens with one attached hydrogen (secondary N) is 1. The smallest absolute Gasteiger partial charge is 0.254 e. The van der Waals surface area contributed by atoms with E-state index in [-0.39, 0.29) is 0 Å². The van der Waals surface area contributed by atoms with Crippen molar-refractivity contribution in [2.24, 2.45) is 0 Å². The molecular weight excluding hydrogens is 308 g/mol. The van der Waals surface area contributed by atoms with Gasteiger partial charge in [0.1, 0.15) is 12.1 Å². The fourth-order valence-corrected chi connectivity index (χ4v) is 3.72. The van der Waals surface area contributed by atoms with Crippen molar-refractivity contribution in [1.29, 1.82) is 0 Å². The molecule has 7 heteroatoms. The lowest BCUT2D eigenvalue weighted by molar-refractivity contribution is 0.294. The molecule has 3 aromatic rings. The monoisotopic (exact) mass is 326 g/mol. The highest BCUT2D eigenvalue weighted by atomic mass is 32.2. The summed E-state index contributed by atoms with van der Waals surface area (Å²) in [5.74, 6) is 3.93. The molecule has 23 heavy (non-hydrogen) atoms. The van der Waals surface area contributed by atoms with Gasteiger partial charge in [0.2, 0.25) is 0 Å². The van der Waals surface area contributed by atoms with Crippen LogP contribution in [0.3, 0.4) is 0 Å². The van der Waals surface area contributed by atoms with Crippen LogP contribution in [0.4, 0.5) is 11.5 Å². The predicted molar refractivity (Wildman–Crippen MR) is 93.1 cm³/mol. The summed E-state index contributed by atoms with van der Waals surface area (Å²) in [6.45, 7) is 3.35. The van der Waals surface area contributed by atoms with Crippen molar-refractivity contribution in [1.82, 2.24) is 24.5 Å². The van der Waals surface area contributed by atoms with E-state index in [1.807, 2.05) is 17.8 Å². The molecule has 0 spiro atoms. The van der Waals surface area contributed by atoms with Gasteiger partial charge in [0.25, 0.3) is 5.78 Å². The van der Waals surface area contributed by atoms with Gasteiger partial charge in [-0.25, -0.2) is 4.98 Å². The van der Waals surface area contributed by atoms with Crippen LogP contribution in [0.25, 0.3) is 5.78 Å². The number of thioether (sulfide) groups is 1. The molecule has 4 rings (SSSR count). The van der Waals surface area contributed by atoms with Crippen LogP contribution in [-0.2, 0) is 6.54 Å². The van der Waals surface area contributed by atoms with Gasteiger partial charge in [0.15, 0.2) is 0 Å². The van der Waals surface area contributed by atoms with Crippen LogP contribution in [0.2, 0.25) is 0 Å². The molecule has 1 aliphatic heterocycles. The second-order valence-corrected chi connectivity index (χ2v) is 6.74. The fourth-order valence-electron chi connectivity index (χ4n) is 2.75. The average Bonchev–Trinajstić information content (AvgIpc) is 3.06. The molecule has 0 bridgehead atoms. The number of fused-ring (bicyclic) bond motifs is 1. The summed E-state index contributed by atoms with van der Waals surface area (Å²) in [4.78, 5) is 10.8. The van der Waals surface area contributed by atoms with E-state index in [4.69, 9.17) is 0 Å². The van der Waals surface area contributed by atoms with Crippen LogP contribution in [-0.4, -0.2) is 49.1 Å². The van der Waals surface area contributed by atoms with E-state index in [9.17, 15) is 0 Å². The molecule has 3 heterocycles. The van der Waals surface area contributed by atoms with Gasteiger partial charge >= 0.3 is 0 Å². The summed E-state index contributed by atoms with van der Waals surface area (Å²) in [6, 6.07) is 10.4. The molecule has 0 aliphatic carbocycles. The summed E-state index contributed by atoms with van der Waals surface area (Å²) in [7, 11) is 0. The van der Waals surface area contributed by atoms with E-state index in [2.05, 4.69) is 49.5 Å². The Morgan fingerprint density at radius 2 is 2.04 bits per heavy atom. The topological polar surface area (TPSA) is 58.3 Å². The quantitative estimate of drug-likeness (QED) is 0.794. The van der Waals surface area contributed by atoms with Crippen molar-refractivity contribution in [2.75, 3.05) is 29.9 Å². The lowest BCUT2D eigenvalue weighted by atomic mass is 10.2. The number of hydrogen-bond acceptors (Lipinski definition) is 6. The van der Waals surface area contributed by atoms with Crippen molar-refractivity contribution in [3.05, 3.63) is 48.4 Å². The Labute approximate surface area is 138 Å². The molecule has 1 saturated heterocycles. The van der Waals surface area contributed by atoms with E-state index >= 15 is 0 Å². The molecule has 0 amide bonds. The highest BCUT2D eigenvalue weighted by Gasteiger charge is 2.11. The largest absolute Gasteiger partial charge is 0.340 e. The summed E-state index contributed by atoms with van der Waals surface area (Å²) in [5, 5.41) is 7.61. The molecule has 0 radical (unpaired) electrons. The van der Waals surface area contributed by atoms with Gasteiger partial charge in [-0.15, -0.1) is 0 Å². The van der Waals surface area contributed by atoms with E-state index < -0.39 is 0 Å². The van der Waals surface area contributed by atoms with Crippen LogP contribution < -0.4 is 5.32 Å². The SMILES string of the molecule is c1cc(CN2CCSCC2)cc(Nc2ccnc3ncnn23)c1. The summed E-state index contributed by atoms with van der Waals surface area (Å²) in [5.41, 5.74) is 2.38. The molecule has 6 nitrogen and oxygen atoms in total. The maximum atomic E-state index is 4.20.